The second-order valence-corrected chi connectivity index (χ2v) is 6.78. The summed E-state index contributed by atoms with van der Waals surface area (Å²) < 4.78 is 22.2. The Kier molecular flexibility index (Phi) is 6.08. The SMILES string of the molecule is O=C(O)C([O][Ge](=[O])[O]C(C(=O)O)c1ccccc1)c1ccccc1. The van der Waals surface area contributed by atoms with Gasteiger partial charge >= 0.3 is 142 Å². The first-order valence-electron chi connectivity index (χ1n) is 6.92. The molecule has 0 radical (unpaired) electrons. The molecule has 7 nitrogen and oxygen atoms in total. The van der Waals surface area contributed by atoms with Crippen molar-refractivity contribution in [1.29, 1.82) is 0 Å². The van der Waals surface area contributed by atoms with Crippen molar-refractivity contribution in [1.82, 2.24) is 0 Å². The summed E-state index contributed by atoms with van der Waals surface area (Å²) in [7, 11) is 0. The Hall–Kier alpha value is -2.68. The Morgan fingerprint density at radius 2 is 1.08 bits per heavy atom. The number of carbonyl (C=O) groups is 2. The van der Waals surface area contributed by atoms with Gasteiger partial charge in [0.25, 0.3) is 0 Å². The second-order valence-electron chi connectivity index (χ2n) is 4.74. The maximum absolute atomic E-state index is 12.1. The molecule has 2 atom stereocenters. The van der Waals surface area contributed by atoms with Gasteiger partial charge in [0.05, 0.1) is 0 Å². The van der Waals surface area contributed by atoms with E-state index in [-0.39, 0.29) is 0 Å². The summed E-state index contributed by atoms with van der Waals surface area (Å²) in [5.41, 5.74) is 0.585. The number of carboxylic acids is 2. The maximum atomic E-state index is 12.1. The van der Waals surface area contributed by atoms with Gasteiger partial charge in [-0.25, -0.2) is 0 Å². The van der Waals surface area contributed by atoms with E-state index < -0.39 is 39.1 Å². The molecule has 0 amide bonds. The molecule has 24 heavy (non-hydrogen) atoms. The van der Waals surface area contributed by atoms with Crippen molar-refractivity contribution in [3.05, 3.63) is 71.8 Å². The van der Waals surface area contributed by atoms with Crippen molar-refractivity contribution in [2.45, 2.75) is 12.2 Å². The quantitative estimate of drug-likeness (QED) is 0.664. The van der Waals surface area contributed by atoms with Crippen molar-refractivity contribution in [3.63, 3.8) is 0 Å². The van der Waals surface area contributed by atoms with Crippen LogP contribution < -0.4 is 0 Å². The fraction of sp³-hybridized carbons (Fsp3) is 0.125. The minimum absolute atomic E-state index is 0.293. The van der Waals surface area contributed by atoms with Crippen LogP contribution in [0, 0.1) is 0 Å². The van der Waals surface area contributed by atoms with Crippen molar-refractivity contribution < 1.29 is 31.1 Å². The molecule has 0 aliphatic rings. The Morgan fingerprint density at radius 3 is 1.38 bits per heavy atom. The Bertz CT molecular complexity index is 656. The Labute approximate surface area is 142 Å². The number of hydrogen-bond donors (Lipinski definition) is 2. The summed E-state index contributed by atoms with van der Waals surface area (Å²) in [4.78, 5) is 22.6. The van der Waals surface area contributed by atoms with Gasteiger partial charge in [-0.1, -0.05) is 0 Å². The van der Waals surface area contributed by atoms with Crippen molar-refractivity contribution in [3.8, 4) is 0 Å². The molecule has 0 aromatic heterocycles. The first-order chi connectivity index (χ1) is 11.5. The van der Waals surface area contributed by atoms with Crippen LogP contribution in [-0.4, -0.2) is 37.1 Å². The van der Waals surface area contributed by atoms with Gasteiger partial charge in [-0.15, -0.1) is 0 Å². The monoisotopic (exact) mass is 392 g/mol. The van der Waals surface area contributed by atoms with Gasteiger partial charge in [0.15, 0.2) is 0 Å². The molecule has 0 saturated heterocycles. The molecular weight excluding hydrogens is 377 g/mol. The van der Waals surface area contributed by atoms with Gasteiger partial charge in [-0.3, -0.25) is 0 Å². The Morgan fingerprint density at radius 1 is 0.750 bits per heavy atom. The van der Waals surface area contributed by atoms with Crippen LogP contribution in [0.3, 0.4) is 0 Å². The van der Waals surface area contributed by atoms with Gasteiger partial charge in [0, 0.05) is 0 Å². The molecule has 2 rings (SSSR count). The summed E-state index contributed by atoms with van der Waals surface area (Å²) in [6, 6.07) is 15.9. The number of carboxylic acid groups (broad SMARTS) is 2. The van der Waals surface area contributed by atoms with Crippen LogP contribution in [0.15, 0.2) is 60.7 Å². The predicted octanol–water partition coefficient (Wildman–Crippen LogP) is 2.09. The third-order valence-electron chi connectivity index (χ3n) is 3.08. The van der Waals surface area contributed by atoms with Crippen LogP contribution in [0.1, 0.15) is 23.3 Å². The molecule has 0 fully saturated rings. The minimum atomic E-state index is -4.08. The van der Waals surface area contributed by atoms with Crippen molar-refractivity contribution in [2.24, 2.45) is 0 Å². The number of rotatable bonds is 8. The van der Waals surface area contributed by atoms with E-state index in [4.69, 9.17) is 7.53 Å². The summed E-state index contributed by atoms with van der Waals surface area (Å²) in [6.07, 6.45) is -2.96. The first-order valence-corrected chi connectivity index (χ1v) is 9.48. The zero-order valence-corrected chi connectivity index (χ0v) is 14.5. The molecule has 0 heterocycles. The molecular formula is C16H14GeO7. The van der Waals surface area contributed by atoms with Crippen molar-refractivity contribution in [2.75, 3.05) is 0 Å². The summed E-state index contributed by atoms with van der Waals surface area (Å²) in [5.74, 6) is -2.67. The van der Waals surface area contributed by atoms with Gasteiger partial charge in [-0.2, -0.15) is 0 Å². The van der Waals surface area contributed by atoms with E-state index in [1.165, 1.54) is 24.3 Å². The zero-order valence-electron chi connectivity index (χ0n) is 12.4. The number of benzene rings is 2. The van der Waals surface area contributed by atoms with Gasteiger partial charge in [0.2, 0.25) is 0 Å². The van der Waals surface area contributed by atoms with Crippen LogP contribution in [-0.2, 0) is 20.9 Å². The summed E-state index contributed by atoms with van der Waals surface area (Å²) in [6.45, 7) is 0. The molecule has 2 unspecified atom stereocenters. The van der Waals surface area contributed by atoms with Crippen molar-refractivity contribution >= 4 is 26.9 Å². The van der Waals surface area contributed by atoms with E-state index >= 15 is 0 Å². The second kappa shape index (κ2) is 8.25. The molecule has 2 aromatic carbocycles. The summed E-state index contributed by atoms with van der Waals surface area (Å²) in [5, 5.41) is 18.5. The average Bonchev–Trinajstić information content (AvgIpc) is 2.58. The molecule has 0 spiro atoms. The van der Waals surface area contributed by atoms with Crippen LogP contribution in [0.25, 0.3) is 0 Å². The standard InChI is InChI=1S/C16H14GeO7/c18-15(19)13(11-7-3-1-4-8-11)23-17(22)24-14(16(20)21)12-9-5-2-6-10-12/h1-10,13-14H,(H,18,19)(H,20,21). The molecule has 0 bridgehead atoms. The van der Waals surface area contributed by atoms with Gasteiger partial charge in [0.1, 0.15) is 0 Å². The fourth-order valence-electron chi connectivity index (χ4n) is 2.00. The van der Waals surface area contributed by atoms with E-state index in [1.807, 2.05) is 0 Å². The average molecular weight is 391 g/mol. The molecule has 0 aliphatic heterocycles. The fourth-order valence-corrected chi connectivity index (χ4v) is 3.92. The van der Waals surface area contributed by atoms with Crippen LogP contribution in [0.2, 0.25) is 0 Å². The molecule has 0 aliphatic carbocycles. The summed E-state index contributed by atoms with van der Waals surface area (Å²) >= 11 is -4.08. The third kappa shape index (κ3) is 4.66. The molecule has 2 aromatic rings. The van der Waals surface area contributed by atoms with Crippen LogP contribution >= 0.6 is 0 Å². The first kappa shape index (κ1) is 17.7. The number of aliphatic carboxylic acids is 2. The normalized spacial score (nSPS) is 12.7. The van der Waals surface area contributed by atoms with Gasteiger partial charge in [-0.05, 0) is 0 Å². The Balaban J connectivity index is 2.12. The van der Waals surface area contributed by atoms with E-state index in [0.29, 0.717) is 11.1 Å². The molecule has 8 heteroatoms. The van der Waals surface area contributed by atoms with Crippen LogP contribution in [0.4, 0.5) is 0 Å². The zero-order chi connectivity index (χ0) is 17.5. The van der Waals surface area contributed by atoms with E-state index in [9.17, 15) is 23.6 Å². The van der Waals surface area contributed by atoms with E-state index in [0.717, 1.165) is 0 Å². The van der Waals surface area contributed by atoms with E-state index in [2.05, 4.69) is 0 Å². The predicted molar refractivity (Wildman–Crippen MR) is 82.2 cm³/mol. The molecule has 2 N–H and O–H groups in total. The van der Waals surface area contributed by atoms with Gasteiger partial charge < -0.3 is 0 Å². The topological polar surface area (TPSA) is 110 Å². The molecule has 124 valence electrons. The number of hydrogen-bond acceptors (Lipinski definition) is 5. The van der Waals surface area contributed by atoms with E-state index in [1.54, 1.807) is 36.4 Å². The third-order valence-corrected chi connectivity index (χ3v) is 4.88. The molecule has 0 saturated carbocycles. The van der Waals surface area contributed by atoms with Crippen LogP contribution in [0.5, 0.6) is 0 Å².